The maximum Gasteiger partial charge on any atom is 0.261 e. The molecule has 2 rings (SSSR count). The Morgan fingerprint density at radius 2 is 2.44 bits per heavy atom. The van der Waals surface area contributed by atoms with Crippen LogP contribution < -0.4 is 10.1 Å². The largest absolute Gasteiger partial charge is 0.475 e. The lowest BCUT2D eigenvalue weighted by molar-refractivity contribution is 0.0195. The van der Waals surface area contributed by atoms with Gasteiger partial charge in [-0.2, -0.15) is 0 Å². The van der Waals surface area contributed by atoms with Crippen LogP contribution in [-0.2, 0) is 0 Å². The van der Waals surface area contributed by atoms with E-state index in [-0.39, 0.29) is 31.5 Å². The van der Waals surface area contributed by atoms with Crippen molar-refractivity contribution in [2.45, 2.75) is 18.4 Å². The molecule has 1 N–H and O–H groups in total. The fourth-order valence-corrected chi connectivity index (χ4v) is 1.75. The van der Waals surface area contributed by atoms with Gasteiger partial charge in [0.1, 0.15) is 11.6 Å². The summed E-state index contributed by atoms with van der Waals surface area (Å²) in [6.07, 6.45) is 1.33. The van der Waals surface area contributed by atoms with E-state index in [2.05, 4.69) is 10.3 Å². The molecule has 1 aliphatic heterocycles. The Kier molecular flexibility index (Phi) is 3.25. The van der Waals surface area contributed by atoms with Crippen LogP contribution in [0.15, 0.2) is 18.3 Å². The zero-order valence-electron chi connectivity index (χ0n) is 8.42. The zero-order valence-corrected chi connectivity index (χ0v) is 9.18. The van der Waals surface area contributed by atoms with Gasteiger partial charge in [0.05, 0.1) is 6.54 Å². The average molecular weight is 249 g/mol. The van der Waals surface area contributed by atoms with Gasteiger partial charge in [-0.05, 0) is 12.1 Å². The fourth-order valence-electron chi connectivity index (χ4n) is 1.57. The minimum absolute atomic E-state index is 0.145. The standard InChI is InChI=1S/C10H11ClF2N2O/c11-8-2-1-3-14-9(8)16-5-7-4-10(12,13)6-15-7/h1-3,7,15H,4-6H2. The lowest BCUT2D eigenvalue weighted by Gasteiger charge is -2.11. The summed E-state index contributed by atoms with van der Waals surface area (Å²) in [4.78, 5) is 3.91. The van der Waals surface area contributed by atoms with Crippen molar-refractivity contribution in [3.8, 4) is 5.88 Å². The number of halogens is 3. The third-order valence-corrected chi connectivity index (χ3v) is 2.63. The van der Waals surface area contributed by atoms with Gasteiger partial charge in [0.15, 0.2) is 0 Å². The van der Waals surface area contributed by atoms with Gasteiger partial charge in [0.25, 0.3) is 5.92 Å². The van der Waals surface area contributed by atoms with Crippen molar-refractivity contribution in [1.82, 2.24) is 10.3 Å². The van der Waals surface area contributed by atoms with Crippen molar-refractivity contribution < 1.29 is 13.5 Å². The van der Waals surface area contributed by atoms with Crippen LogP contribution in [-0.4, -0.2) is 30.1 Å². The Balaban J connectivity index is 1.87. The van der Waals surface area contributed by atoms with Gasteiger partial charge in [-0.3, -0.25) is 0 Å². The molecule has 88 valence electrons. The summed E-state index contributed by atoms with van der Waals surface area (Å²) in [7, 11) is 0. The fraction of sp³-hybridized carbons (Fsp3) is 0.500. The van der Waals surface area contributed by atoms with Gasteiger partial charge < -0.3 is 10.1 Å². The molecular formula is C10H11ClF2N2O. The van der Waals surface area contributed by atoms with Crippen LogP contribution in [0, 0.1) is 0 Å². The van der Waals surface area contributed by atoms with Gasteiger partial charge >= 0.3 is 0 Å². The normalized spacial score (nSPS) is 23.3. The average Bonchev–Trinajstić information content (AvgIpc) is 2.57. The van der Waals surface area contributed by atoms with Crippen molar-refractivity contribution in [2.75, 3.05) is 13.2 Å². The van der Waals surface area contributed by atoms with E-state index in [9.17, 15) is 8.78 Å². The quantitative estimate of drug-likeness (QED) is 0.890. The van der Waals surface area contributed by atoms with E-state index in [1.807, 2.05) is 0 Å². The predicted octanol–water partition coefficient (Wildman–Crippen LogP) is 2.11. The molecule has 1 fully saturated rings. The Bertz CT molecular complexity index is 376. The number of nitrogens with one attached hydrogen (secondary N) is 1. The summed E-state index contributed by atoms with van der Waals surface area (Å²) in [5.41, 5.74) is 0. The number of ether oxygens (including phenoxy) is 1. The molecular weight excluding hydrogens is 238 g/mol. The SMILES string of the molecule is FC1(F)CNC(COc2ncccc2Cl)C1. The minimum atomic E-state index is -2.64. The lowest BCUT2D eigenvalue weighted by Crippen LogP contribution is -2.28. The molecule has 16 heavy (non-hydrogen) atoms. The summed E-state index contributed by atoms with van der Waals surface area (Å²) in [6, 6.07) is 2.96. The molecule has 1 unspecified atom stereocenters. The summed E-state index contributed by atoms with van der Waals surface area (Å²) in [6.45, 7) is -0.150. The van der Waals surface area contributed by atoms with Gasteiger partial charge in [-0.15, -0.1) is 0 Å². The molecule has 0 saturated carbocycles. The van der Waals surface area contributed by atoms with Crippen LogP contribution in [0.25, 0.3) is 0 Å². The third-order valence-electron chi connectivity index (χ3n) is 2.34. The number of aromatic nitrogens is 1. The molecule has 1 aliphatic rings. The highest BCUT2D eigenvalue weighted by Crippen LogP contribution is 2.26. The molecule has 0 radical (unpaired) electrons. The van der Waals surface area contributed by atoms with Gasteiger partial charge in [0.2, 0.25) is 5.88 Å². The minimum Gasteiger partial charge on any atom is -0.475 e. The molecule has 2 heterocycles. The van der Waals surface area contributed by atoms with E-state index >= 15 is 0 Å². The first kappa shape index (κ1) is 11.5. The Morgan fingerprint density at radius 3 is 3.06 bits per heavy atom. The second-order valence-corrected chi connectivity index (χ2v) is 4.15. The highest BCUT2D eigenvalue weighted by atomic mass is 35.5. The predicted molar refractivity (Wildman–Crippen MR) is 56.1 cm³/mol. The Labute approximate surface area is 96.8 Å². The van der Waals surface area contributed by atoms with E-state index < -0.39 is 5.92 Å². The topological polar surface area (TPSA) is 34.1 Å². The highest BCUT2D eigenvalue weighted by molar-refractivity contribution is 6.31. The molecule has 1 atom stereocenters. The van der Waals surface area contributed by atoms with Crippen LogP contribution >= 0.6 is 11.6 Å². The van der Waals surface area contributed by atoms with Crippen LogP contribution in [0.5, 0.6) is 5.88 Å². The summed E-state index contributed by atoms with van der Waals surface area (Å²) < 4.78 is 31.0. The first-order valence-corrected chi connectivity index (χ1v) is 5.29. The molecule has 3 nitrogen and oxygen atoms in total. The molecule has 0 bridgehead atoms. The van der Waals surface area contributed by atoms with E-state index in [4.69, 9.17) is 16.3 Å². The van der Waals surface area contributed by atoms with E-state index in [0.29, 0.717) is 5.02 Å². The number of hydrogen-bond donors (Lipinski definition) is 1. The summed E-state index contributed by atoms with van der Waals surface area (Å²) in [5, 5.41) is 3.07. The summed E-state index contributed by atoms with van der Waals surface area (Å²) in [5.74, 6) is -2.36. The number of alkyl halides is 2. The van der Waals surface area contributed by atoms with Crippen LogP contribution in [0.2, 0.25) is 5.02 Å². The van der Waals surface area contributed by atoms with Crippen LogP contribution in [0.1, 0.15) is 6.42 Å². The second kappa shape index (κ2) is 4.51. The van der Waals surface area contributed by atoms with Crippen molar-refractivity contribution in [3.05, 3.63) is 23.4 Å². The summed E-state index contributed by atoms with van der Waals surface area (Å²) >= 11 is 5.81. The number of nitrogens with zero attached hydrogens (tertiary/aromatic N) is 1. The number of hydrogen-bond acceptors (Lipinski definition) is 3. The number of rotatable bonds is 3. The molecule has 0 aliphatic carbocycles. The molecule has 0 spiro atoms. The van der Waals surface area contributed by atoms with Crippen molar-refractivity contribution in [2.24, 2.45) is 0 Å². The monoisotopic (exact) mass is 248 g/mol. The van der Waals surface area contributed by atoms with Gasteiger partial charge in [-0.1, -0.05) is 11.6 Å². The van der Waals surface area contributed by atoms with Crippen molar-refractivity contribution >= 4 is 11.6 Å². The van der Waals surface area contributed by atoms with E-state index in [0.717, 1.165) is 0 Å². The molecule has 0 amide bonds. The van der Waals surface area contributed by atoms with Gasteiger partial charge in [-0.25, -0.2) is 13.8 Å². The first-order valence-electron chi connectivity index (χ1n) is 4.91. The maximum atomic E-state index is 12.8. The van der Waals surface area contributed by atoms with E-state index in [1.165, 1.54) is 6.20 Å². The molecule has 1 aromatic heterocycles. The number of pyridine rings is 1. The van der Waals surface area contributed by atoms with E-state index in [1.54, 1.807) is 12.1 Å². The lowest BCUT2D eigenvalue weighted by atomic mass is 10.2. The molecule has 6 heteroatoms. The van der Waals surface area contributed by atoms with Gasteiger partial charge in [0, 0.05) is 18.7 Å². The maximum absolute atomic E-state index is 12.8. The zero-order chi connectivity index (χ0) is 11.6. The Morgan fingerprint density at radius 1 is 1.62 bits per heavy atom. The molecule has 0 aromatic carbocycles. The van der Waals surface area contributed by atoms with Crippen molar-refractivity contribution in [3.63, 3.8) is 0 Å². The highest BCUT2D eigenvalue weighted by Gasteiger charge is 2.39. The molecule has 1 aromatic rings. The second-order valence-electron chi connectivity index (χ2n) is 3.74. The third kappa shape index (κ3) is 2.80. The van der Waals surface area contributed by atoms with Crippen LogP contribution in [0.3, 0.4) is 0 Å². The first-order chi connectivity index (χ1) is 7.57. The molecule has 1 saturated heterocycles. The Hall–Kier alpha value is -0.940. The van der Waals surface area contributed by atoms with Crippen molar-refractivity contribution in [1.29, 1.82) is 0 Å². The van der Waals surface area contributed by atoms with Crippen LogP contribution in [0.4, 0.5) is 8.78 Å². The smallest absolute Gasteiger partial charge is 0.261 e.